The molecular formula is C20H42O7. The standard InChI is InChI=1S/C7H16.C5H10O3.2C4H8O2/c1-3-5-7-6-4-2;1-2-8-5(7)3-4-6;2*1-3-6-4(2)5/h3-7H2,1-2H3;6H,2-4H2,1H3;2*3H2,1-2H3. The molecule has 0 fully saturated rings. The number of unbranched alkanes of at least 4 members (excludes halogenated alkanes) is 4. The van der Waals surface area contributed by atoms with Crippen LogP contribution in [0, 0.1) is 0 Å². The highest BCUT2D eigenvalue weighted by Crippen LogP contribution is 2.00. The molecule has 7 heteroatoms. The Hall–Kier alpha value is -1.63. The maximum Gasteiger partial charge on any atom is 0.308 e. The molecule has 0 spiro atoms. The monoisotopic (exact) mass is 394 g/mol. The summed E-state index contributed by atoms with van der Waals surface area (Å²) in [5.41, 5.74) is 0. The van der Waals surface area contributed by atoms with Crippen molar-refractivity contribution < 1.29 is 33.7 Å². The van der Waals surface area contributed by atoms with Crippen molar-refractivity contribution >= 4 is 17.9 Å². The van der Waals surface area contributed by atoms with Gasteiger partial charge >= 0.3 is 17.9 Å². The lowest BCUT2D eigenvalue weighted by Crippen LogP contribution is -2.05. The van der Waals surface area contributed by atoms with Gasteiger partial charge in [0.2, 0.25) is 0 Å². The van der Waals surface area contributed by atoms with E-state index in [1.165, 1.54) is 46.0 Å². The predicted molar refractivity (Wildman–Crippen MR) is 107 cm³/mol. The van der Waals surface area contributed by atoms with E-state index in [1.807, 2.05) is 0 Å². The van der Waals surface area contributed by atoms with Crippen molar-refractivity contribution in [2.45, 2.75) is 87.0 Å². The lowest BCUT2D eigenvalue weighted by Gasteiger charge is -1.96. The Morgan fingerprint density at radius 1 is 0.667 bits per heavy atom. The zero-order valence-corrected chi connectivity index (χ0v) is 18.5. The molecule has 0 amide bonds. The molecule has 0 aliphatic rings. The maximum absolute atomic E-state index is 10.3. The summed E-state index contributed by atoms with van der Waals surface area (Å²) in [6.45, 7) is 13.8. The molecule has 0 aromatic heterocycles. The van der Waals surface area contributed by atoms with Gasteiger partial charge in [-0.15, -0.1) is 0 Å². The quantitative estimate of drug-likeness (QED) is 0.358. The van der Waals surface area contributed by atoms with Crippen molar-refractivity contribution in [3.8, 4) is 0 Å². The first-order valence-electron chi connectivity index (χ1n) is 9.80. The first kappa shape index (κ1) is 33.0. The molecule has 0 aliphatic heterocycles. The maximum atomic E-state index is 10.3. The molecule has 0 aromatic carbocycles. The molecule has 0 aromatic rings. The first-order valence-corrected chi connectivity index (χ1v) is 9.80. The molecule has 0 atom stereocenters. The average Bonchev–Trinajstić information content (AvgIpc) is 2.57. The molecule has 0 radical (unpaired) electrons. The van der Waals surface area contributed by atoms with Gasteiger partial charge in [-0.1, -0.05) is 46.0 Å². The first-order chi connectivity index (χ1) is 12.8. The van der Waals surface area contributed by atoms with E-state index in [1.54, 1.807) is 20.8 Å². The van der Waals surface area contributed by atoms with Crippen molar-refractivity contribution in [1.29, 1.82) is 0 Å². The van der Waals surface area contributed by atoms with E-state index in [0.29, 0.717) is 19.8 Å². The van der Waals surface area contributed by atoms with Crippen LogP contribution in [0.1, 0.15) is 87.0 Å². The molecule has 27 heavy (non-hydrogen) atoms. The van der Waals surface area contributed by atoms with Crippen LogP contribution in [0.5, 0.6) is 0 Å². The molecule has 0 unspecified atom stereocenters. The molecule has 7 nitrogen and oxygen atoms in total. The molecule has 0 saturated heterocycles. The summed E-state index contributed by atoms with van der Waals surface area (Å²) in [6.07, 6.45) is 7.11. The van der Waals surface area contributed by atoms with Crippen LogP contribution in [-0.4, -0.2) is 49.4 Å². The van der Waals surface area contributed by atoms with Gasteiger partial charge in [0.1, 0.15) is 0 Å². The van der Waals surface area contributed by atoms with E-state index in [0.717, 1.165) is 0 Å². The zero-order chi connectivity index (χ0) is 21.9. The van der Waals surface area contributed by atoms with Crippen LogP contribution >= 0.6 is 0 Å². The number of rotatable bonds is 9. The number of hydrogen-bond acceptors (Lipinski definition) is 7. The normalized spacial score (nSPS) is 8.44. The summed E-state index contributed by atoms with van der Waals surface area (Å²) in [6, 6.07) is 0. The van der Waals surface area contributed by atoms with Gasteiger partial charge in [-0.05, 0) is 20.8 Å². The van der Waals surface area contributed by atoms with Crippen LogP contribution in [0.4, 0.5) is 0 Å². The van der Waals surface area contributed by atoms with Crippen molar-refractivity contribution in [3.05, 3.63) is 0 Å². The van der Waals surface area contributed by atoms with Crippen LogP contribution in [0.25, 0.3) is 0 Å². The van der Waals surface area contributed by atoms with Gasteiger partial charge < -0.3 is 19.3 Å². The lowest BCUT2D eigenvalue weighted by atomic mass is 10.2. The molecule has 164 valence electrons. The van der Waals surface area contributed by atoms with Crippen LogP contribution in [-0.2, 0) is 28.6 Å². The number of carbonyl (C=O) groups is 3. The minimum Gasteiger partial charge on any atom is -0.466 e. The van der Waals surface area contributed by atoms with Crippen molar-refractivity contribution in [3.63, 3.8) is 0 Å². The van der Waals surface area contributed by atoms with Gasteiger partial charge in [0.05, 0.1) is 32.8 Å². The van der Waals surface area contributed by atoms with Crippen LogP contribution in [0.15, 0.2) is 0 Å². The third kappa shape index (κ3) is 59.1. The Morgan fingerprint density at radius 2 is 1.04 bits per heavy atom. The Kier molecular flexibility index (Phi) is 39.2. The molecule has 1 N–H and O–H groups in total. The predicted octanol–water partition coefficient (Wildman–Crippen LogP) is 4.05. The Balaban J connectivity index is -0.000000132. The minimum absolute atomic E-state index is 0.105. The number of aliphatic hydroxyl groups excluding tert-OH is 1. The van der Waals surface area contributed by atoms with Crippen LogP contribution in [0.2, 0.25) is 0 Å². The van der Waals surface area contributed by atoms with Crippen molar-refractivity contribution in [2.75, 3.05) is 26.4 Å². The van der Waals surface area contributed by atoms with E-state index in [2.05, 4.69) is 28.1 Å². The van der Waals surface area contributed by atoms with Gasteiger partial charge in [-0.3, -0.25) is 14.4 Å². The molecule has 0 aliphatic carbocycles. The molecule has 0 saturated carbocycles. The second kappa shape index (κ2) is 32.1. The van der Waals surface area contributed by atoms with Crippen LogP contribution in [0.3, 0.4) is 0 Å². The average molecular weight is 395 g/mol. The second-order valence-electron chi connectivity index (χ2n) is 5.19. The molecule has 0 rings (SSSR count). The van der Waals surface area contributed by atoms with Gasteiger partial charge in [0, 0.05) is 13.8 Å². The molecule has 0 bridgehead atoms. The second-order valence-corrected chi connectivity index (χ2v) is 5.19. The number of esters is 3. The van der Waals surface area contributed by atoms with E-state index in [9.17, 15) is 14.4 Å². The largest absolute Gasteiger partial charge is 0.466 e. The summed E-state index contributed by atoms with van der Waals surface area (Å²) in [7, 11) is 0. The summed E-state index contributed by atoms with van der Waals surface area (Å²) < 4.78 is 13.3. The van der Waals surface area contributed by atoms with Gasteiger partial charge in [0.25, 0.3) is 0 Å². The Morgan fingerprint density at radius 3 is 1.22 bits per heavy atom. The SMILES string of the molecule is CCCCCCC.CCOC(=O)CCO.CCOC(C)=O.CCOC(C)=O. The van der Waals surface area contributed by atoms with Gasteiger partial charge in [-0.25, -0.2) is 0 Å². The summed E-state index contributed by atoms with van der Waals surface area (Å²) in [5, 5.41) is 8.16. The summed E-state index contributed by atoms with van der Waals surface area (Å²) in [5.74, 6) is -0.759. The minimum atomic E-state index is -0.338. The summed E-state index contributed by atoms with van der Waals surface area (Å²) >= 11 is 0. The Labute approximate surface area is 165 Å². The van der Waals surface area contributed by atoms with E-state index < -0.39 is 0 Å². The smallest absolute Gasteiger partial charge is 0.308 e. The third-order valence-electron chi connectivity index (χ3n) is 2.52. The fraction of sp³-hybridized carbons (Fsp3) is 0.850. The topological polar surface area (TPSA) is 99.1 Å². The highest BCUT2D eigenvalue weighted by molar-refractivity contribution is 5.69. The number of aliphatic hydroxyl groups is 1. The summed E-state index contributed by atoms with van der Waals surface area (Å²) in [4.78, 5) is 29.9. The van der Waals surface area contributed by atoms with Gasteiger partial charge in [0.15, 0.2) is 0 Å². The van der Waals surface area contributed by atoms with Gasteiger partial charge in [-0.2, -0.15) is 0 Å². The lowest BCUT2D eigenvalue weighted by molar-refractivity contribution is -0.144. The molecular weight excluding hydrogens is 352 g/mol. The van der Waals surface area contributed by atoms with E-state index in [4.69, 9.17) is 5.11 Å². The third-order valence-corrected chi connectivity index (χ3v) is 2.52. The zero-order valence-electron chi connectivity index (χ0n) is 18.5. The van der Waals surface area contributed by atoms with Crippen molar-refractivity contribution in [1.82, 2.24) is 0 Å². The fourth-order valence-electron chi connectivity index (χ4n) is 1.41. The highest BCUT2D eigenvalue weighted by atomic mass is 16.5. The van der Waals surface area contributed by atoms with E-state index in [-0.39, 0.29) is 30.9 Å². The number of hydrogen-bond donors (Lipinski definition) is 1. The Bertz CT molecular complexity index is 289. The number of carbonyl (C=O) groups excluding carboxylic acids is 3. The number of ether oxygens (including phenoxy) is 3. The van der Waals surface area contributed by atoms with Crippen molar-refractivity contribution in [2.24, 2.45) is 0 Å². The highest BCUT2D eigenvalue weighted by Gasteiger charge is 1.96. The fourth-order valence-corrected chi connectivity index (χ4v) is 1.41. The van der Waals surface area contributed by atoms with E-state index >= 15 is 0 Å². The van der Waals surface area contributed by atoms with Crippen LogP contribution < -0.4 is 0 Å². The molecule has 0 heterocycles.